The topological polar surface area (TPSA) is 78.4 Å². The highest BCUT2D eigenvalue weighted by atomic mass is 35.5. The number of amides is 1. The zero-order valence-electron chi connectivity index (χ0n) is 19.4. The van der Waals surface area contributed by atoms with Crippen LogP contribution in [-0.2, 0) is 19.1 Å². The second-order valence-electron chi connectivity index (χ2n) is 8.92. The number of carbonyl (C=O) groups is 2. The molecule has 7 nitrogen and oxygen atoms in total. The van der Waals surface area contributed by atoms with Crippen molar-refractivity contribution in [1.29, 1.82) is 0 Å². The fourth-order valence-electron chi connectivity index (χ4n) is 4.33. The van der Waals surface area contributed by atoms with E-state index in [9.17, 15) is 22.8 Å². The molecule has 12 heteroatoms. The van der Waals surface area contributed by atoms with Crippen molar-refractivity contribution in [3.05, 3.63) is 56.5 Å². The first-order valence-corrected chi connectivity index (χ1v) is 12.3. The van der Waals surface area contributed by atoms with E-state index in [-0.39, 0.29) is 40.0 Å². The Morgan fingerprint density at radius 1 is 1.08 bits per heavy atom. The molecule has 1 N–H and O–H groups in total. The van der Waals surface area contributed by atoms with Crippen LogP contribution in [0.1, 0.15) is 43.1 Å². The Labute approximate surface area is 213 Å². The first kappa shape index (κ1) is 24.7. The summed E-state index contributed by atoms with van der Waals surface area (Å²) in [6.07, 6.45) is -3.13. The summed E-state index contributed by atoms with van der Waals surface area (Å²) in [6.45, 7) is 1.89. The minimum atomic E-state index is -4.74. The number of benzene rings is 1. The van der Waals surface area contributed by atoms with Gasteiger partial charge in [-0.3, -0.25) is 9.59 Å². The highest BCUT2D eigenvalue weighted by molar-refractivity contribution is 7.17. The van der Waals surface area contributed by atoms with Crippen molar-refractivity contribution >= 4 is 46.3 Å². The number of thiophene rings is 1. The van der Waals surface area contributed by atoms with E-state index < -0.39 is 23.3 Å². The Balaban J connectivity index is 1.56. The van der Waals surface area contributed by atoms with Crippen molar-refractivity contribution in [3.8, 4) is 10.6 Å². The van der Waals surface area contributed by atoms with Gasteiger partial charge in [0.1, 0.15) is 10.4 Å². The number of likely N-dealkylation sites (N-methyl/N-ethyl adjacent to an activating group) is 1. The summed E-state index contributed by atoms with van der Waals surface area (Å²) < 4.78 is 41.6. The Morgan fingerprint density at radius 3 is 2.61 bits per heavy atom. The average Bonchev–Trinajstić information content (AvgIpc) is 3.23. The van der Waals surface area contributed by atoms with Gasteiger partial charge >= 0.3 is 6.18 Å². The maximum absolute atomic E-state index is 13.9. The molecule has 0 spiro atoms. The molecular weight excluding hydrogens is 515 g/mol. The molecule has 0 saturated carbocycles. The summed E-state index contributed by atoms with van der Waals surface area (Å²) in [5.41, 5.74) is 1.32. The Kier molecular flexibility index (Phi) is 6.26. The van der Waals surface area contributed by atoms with Gasteiger partial charge in [-0.1, -0.05) is 11.6 Å². The fraction of sp³-hybridized carbons (Fsp3) is 0.333. The van der Waals surface area contributed by atoms with Crippen LogP contribution in [-0.4, -0.2) is 58.6 Å². The summed E-state index contributed by atoms with van der Waals surface area (Å²) in [6, 6.07) is 5.03. The van der Waals surface area contributed by atoms with Crippen LogP contribution in [0.15, 0.2) is 24.4 Å². The Bertz CT molecular complexity index is 1390. The number of aromatic nitrogens is 2. The van der Waals surface area contributed by atoms with Crippen LogP contribution in [0.25, 0.3) is 10.6 Å². The van der Waals surface area contributed by atoms with Crippen molar-refractivity contribution in [3.63, 3.8) is 0 Å². The van der Waals surface area contributed by atoms with Crippen LogP contribution in [0.3, 0.4) is 0 Å². The summed E-state index contributed by atoms with van der Waals surface area (Å²) in [5.74, 6) is -0.775. The zero-order chi connectivity index (χ0) is 25.8. The molecule has 0 aliphatic carbocycles. The number of nitrogens with zero attached hydrogens (tertiary/aromatic N) is 4. The molecule has 1 aromatic carbocycles. The van der Waals surface area contributed by atoms with E-state index in [1.807, 2.05) is 19.2 Å². The fourth-order valence-corrected chi connectivity index (χ4v) is 5.73. The predicted octanol–water partition coefficient (Wildman–Crippen LogP) is 5.27. The van der Waals surface area contributed by atoms with Crippen molar-refractivity contribution < 1.29 is 22.8 Å². The number of hydrogen-bond donors (Lipinski definition) is 1. The third-order valence-electron chi connectivity index (χ3n) is 6.31. The molecular formula is C24H21ClF3N5O2S. The molecule has 2 aliphatic heterocycles. The number of alkyl halides is 3. The summed E-state index contributed by atoms with van der Waals surface area (Å²) in [5, 5.41) is 3.35. The lowest BCUT2D eigenvalue weighted by Gasteiger charge is -2.26. The largest absolute Gasteiger partial charge is 0.420 e. The monoisotopic (exact) mass is 535 g/mol. The van der Waals surface area contributed by atoms with Crippen molar-refractivity contribution in [2.75, 3.05) is 32.5 Å². The standard InChI is InChI=1S/C24H21ClF3N5O2S/c1-32-5-3-12-8-17(16(25)7-13(12)11-32)30-23-29-10-15(24(26,27)28)20(31-23)19-9-14-18(34)4-6-33(2)22(35)21(14)36-19/h7-10H,3-6,11H2,1-2H3,(H,29,30,31). The van der Waals surface area contributed by atoms with Gasteiger partial charge < -0.3 is 15.1 Å². The maximum atomic E-state index is 13.9. The van der Waals surface area contributed by atoms with E-state index in [2.05, 4.69) is 20.2 Å². The number of anilines is 2. The molecule has 3 aromatic rings. The van der Waals surface area contributed by atoms with Crippen LogP contribution in [0.5, 0.6) is 0 Å². The van der Waals surface area contributed by atoms with Gasteiger partial charge in [-0.15, -0.1) is 11.3 Å². The lowest BCUT2D eigenvalue weighted by molar-refractivity contribution is -0.137. The molecule has 0 fully saturated rings. The number of ketones is 1. The van der Waals surface area contributed by atoms with E-state index in [4.69, 9.17) is 11.6 Å². The minimum Gasteiger partial charge on any atom is -0.341 e. The second-order valence-corrected chi connectivity index (χ2v) is 10.4. The Morgan fingerprint density at radius 2 is 1.86 bits per heavy atom. The van der Waals surface area contributed by atoms with Gasteiger partial charge in [-0.2, -0.15) is 13.2 Å². The average molecular weight is 536 g/mol. The van der Waals surface area contributed by atoms with Crippen LogP contribution < -0.4 is 5.32 Å². The minimum absolute atomic E-state index is 0.0642. The molecule has 0 unspecified atom stereocenters. The molecule has 0 atom stereocenters. The number of rotatable bonds is 3. The molecule has 2 aliphatic rings. The van der Waals surface area contributed by atoms with E-state index in [1.165, 1.54) is 11.0 Å². The van der Waals surface area contributed by atoms with Crippen molar-refractivity contribution in [2.24, 2.45) is 0 Å². The molecule has 36 heavy (non-hydrogen) atoms. The highest BCUT2D eigenvalue weighted by Crippen LogP contribution is 2.41. The van der Waals surface area contributed by atoms with E-state index in [0.29, 0.717) is 16.9 Å². The molecule has 0 bridgehead atoms. The Hall–Kier alpha value is -3.02. The van der Waals surface area contributed by atoms with Gasteiger partial charge in [0.05, 0.1) is 21.3 Å². The first-order chi connectivity index (χ1) is 17.0. The lowest BCUT2D eigenvalue weighted by atomic mass is 9.99. The normalized spacial score (nSPS) is 16.6. The first-order valence-electron chi connectivity index (χ1n) is 11.1. The second kappa shape index (κ2) is 9.13. The van der Waals surface area contributed by atoms with Crippen molar-refractivity contribution in [2.45, 2.75) is 25.6 Å². The van der Waals surface area contributed by atoms with Crippen LogP contribution in [0.4, 0.5) is 24.8 Å². The third-order valence-corrected chi connectivity index (χ3v) is 7.76. The molecule has 5 rings (SSSR count). The van der Waals surface area contributed by atoms with Crippen LogP contribution in [0.2, 0.25) is 5.02 Å². The molecule has 188 valence electrons. The molecule has 0 radical (unpaired) electrons. The van der Waals surface area contributed by atoms with Gasteiger partial charge in [0.15, 0.2) is 5.78 Å². The van der Waals surface area contributed by atoms with Gasteiger partial charge in [0.2, 0.25) is 5.95 Å². The van der Waals surface area contributed by atoms with Gasteiger partial charge in [-0.25, -0.2) is 9.97 Å². The molecule has 0 saturated heterocycles. The van der Waals surface area contributed by atoms with Gasteiger partial charge in [0.25, 0.3) is 5.91 Å². The summed E-state index contributed by atoms with van der Waals surface area (Å²) in [7, 11) is 3.57. The number of carbonyl (C=O) groups excluding carboxylic acids is 2. The zero-order valence-corrected chi connectivity index (χ0v) is 20.9. The SMILES string of the molecule is CN1CCc2cc(Nc3ncc(C(F)(F)F)c(-c4cc5c(s4)C(=O)N(C)CCC5=O)n3)c(Cl)cc2C1. The van der Waals surface area contributed by atoms with Crippen LogP contribution >= 0.6 is 22.9 Å². The predicted molar refractivity (Wildman–Crippen MR) is 131 cm³/mol. The summed E-state index contributed by atoms with van der Waals surface area (Å²) >= 11 is 7.28. The number of nitrogens with one attached hydrogen (secondary N) is 1. The third kappa shape index (κ3) is 4.58. The molecule has 1 amide bonds. The smallest absolute Gasteiger partial charge is 0.341 e. The van der Waals surface area contributed by atoms with Crippen molar-refractivity contribution in [1.82, 2.24) is 19.8 Å². The van der Waals surface area contributed by atoms with Gasteiger partial charge in [0, 0.05) is 44.9 Å². The number of halogens is 4. The quantitative estimate of drug-likeness (QED) is 0.492. The van der Waals surface area contributed by atoms with E-state index >= 15 is 0 Å². The maximum Gasteiger partial charge on any atom is 0.420 e. The number of Topliss-reactive ketones (excluding diaryl/α,β-unsaturated/α-hetero) is 1. The lowest BCUT2D eigenvalue weighted by Crippen LogP contribution is -2.26. The number of hydrogen-bond acceptors (Lipinski definition) is 7. The summed E-state index contributed by atoms with van der Waals surface area (Å²) in [4.78, 5) is 37.0. The van der Waals surface area contributed by atoms with Gasteiger partial charge in [-0.05, 0) is 42.8 Å². The van der Waals surface area contributed by atoms with Crippen LogP contribution in [0, 0.1) is 0 Å². The molecule has 2 aromatic heterocycles. The molecule has 4 heterocycles. The highest BCUT2D eigenvalue weighted by Gasteiger charge is 2.37. The number of fused-ring (bicyclic) bond motifs is 2. The van der Waals surface area contributed by atoms with E-state index in [0.717, 1.165) is 42.0 Å². The van der Waals surface area contributed by atoms with E-state index in [1.54, 1.807) is 7.05 Å².